The van der Waals surface area contributed by atoms with Crippen molar-refractivity contribution in [1.82, 2.24) is 4.72 Å². The summed E-state index contributed by atoms with van der Waals surface area (Å²) < 4.78 is 61.8. The average molecular weight is 264 g/mol. The van der Waals surface area contributed by atoms with Gasteiger partial charge in [0.15, 0.2) is 0 Å². The molecule has 1 aromatic carbocycles. The number of nitrogens with zero attached hydrogens (tertiary/aromatic N) is 1. The van der Waals surface area contributed by atoms with Crippen molar-refractivity contribution >= 4 is 10.0 Å². The van der Waals surface area contributed by atoms with E-state index in [1.807, 2.05) is 4.72 Å². The second-order valence-electron chi connectivity index (χ2n) is 3.01. The summed E-state index contributed by atoms with van der Waals surface area (Å²) in [5.74, 6) is 0. The second kappa shape index (κ2) is 4.73. The van der Waals surface area contributed by atoms with E-state index in [4.69, 9.17) is 5.26 Å². The van der Waals surface area contributed by atoms with Gasteiger partial charge in [-0.25, -0.2) is 8.42 Å². The number of halogens is 3. The highest BCUT2D eigenvalue weighted by Crippen LogP contribution is 2.30. The summed E-state index contributed by atoms with van der Waals surface area (Å²) in [6.45, 7) is -0.501. The predicted molar refractivity (Wildman–Crippen MR) is 52.2 cm³/mol. The first kappa shape index (κ1) is 13.5. The Morgan fingerprint density at radius 2 is 2.00 bits per heavy atom. The van der Waals surface area contributed by atoms with Crippen molar-refractivity contribution in [1.29, 1.82) is 5.26 Å². The molecule has 0 bridgehead atoms. The lowest BCUT2D eigenvalue weighted by molar-refractivity contribution is -0.137. The van der Waals surface area contributed by atoms with Crippen molar-refractivity contribution in [3.8, 4) is 6.07 Å². The van der Waals surface area contributed by atoms with Gasteiger partial charge in [0.05, 0.1) is 23.1 Å². The lowest BCUT2D eigenvalue weighted by atomic mass is 10.2. The third-order valence-corrected chi connectivity index (χ3v) is 3.21. The molecule has 0 aromatic heterocycles. The predicted octanol–water partition coefficient (Wildman–Crippen LogP) is 1.51. The van der Waals surface area contributed by atoms with Gasteiger partial charge in [-0.2, -0.15) is 23.2 Å². The van der Waals surface area contributed by atoms with Crippen LogP contribution in [0.15, 0.2) is 29.2 Å². The van der Waals surface area contributed by atoms with Crippen LogP contribution in [0.1, 0.15) is 5.56 Å². The van der Waals surface area contributed by atoms with Crippen LogP contribution in [0.25, 0.3) is 0 Å². The zero-order valence-corrected chi connectivity index (χ0v) is 9.14. The minimum Gasteiger partial charge on any atom is -0.207 e. The van der Waals surface area contributed by atoms with Gasteiger partial charge in [-0.15, -0.1) is 0 Å². The molecule has 0 unspecified atom stereocenters. The molecule has 0 aliphatic carbocycles. The maximum Gasteiger partial charge on any atom is 0.416 e. The fraction of sp³-hybridized carbons (Fsp3) is 0.222. The Labute approximate surface area is 95.7 Å². The number of sulfonamides is 1. The van der Waals surface area contributed by atoms with E-state index < -0.39 is 33.2 Å². The highest BCUT2D eigenvalue weighted by molar-refractivity contribution is 7.89. The van der Waals surface area contributed by atoms with Crippen LogP contribution in [-0.2, 0) is 16.2 Å². The topological polar surface area (TPSA) is 70.0 Å². The maximum absolute atomic E-state index is 12.3. The molecule has 0 saturated carbocycles. The van der Waals surface area contributed by atoms with Gasteiger partial charge in [0.2, 0.25) is 10.0 Å². The summed E-state index contributed by atoms with van der Waals surface area (Å²) in [7, 11) is -4.08. The van der Waals surface area contributed by atoms with Crippen molar-refractivity contribution in [2.45, 2.75) is 11.1 Å². The van der Waals surface area contributed by atoms with Gasteiger partial charge in [-0.05, 0) is 18.2 Å². The molecule has 92 valence electrons. The van der Waals surface area contributed by atoms with Crippen LogP contribution in [0, 0.1) is 11.3 Å². The van der Waals surface area contributed by atoms with Crippen LogP contribution in [0.5, 0.6) is 0 Å². The lowest BCUT2D eigenvalue weighted by Crippen LogP contribution is -2.24. The molecule has 0 heterocycles. The highest BCUT2D eigenvalue weighted by atomic mass is 32.2. The highest BCUT2D eigenvalue weighted by Gasteiger charge is 2.31. The normalized spacial score (nSPS) is 12.1. The van der Waals surface area contributed by atoms with Crippen LogP contribution in [-0.4, -0.2) is 15.0 Å². The second-order valence-corrected chi connectivity index (χ2v) is 4.78. The molecule has 4 nitrogen and oxygen atoms in total. The molecule has 0 radical (unpaired) electrons. The third kappa shape index (κ3) is 3.44. The van der Waals surface area contributed by atoms with E-state index in [1.165, 1.54) is 6.07 Å². The molecule has 1 N–H and O–H groups in total. The Hall–Kier alpha value is -1.59. The standard InChI is InChI=1S/C9H7F3N2O2S/c10-9(11,12)7-2-1-3-8(6-7)17(15,16)14-5-4-13/h1-3,6,14H,5H2. The molecule has 17 heavy (non-hydrogen) atoms. The van der Waals surface area contributed by atoms with E-state index in [2.05, 4.69) is 0 Å². The van der Waals surface area contributed by atoms with Crippen molar-refractivity contribution in [3.63, 3.8) is 0 Å². The summed E-state index contributed by atoms with van der Waals surface area (Å²) in [5.41, 5.74) is -1.06. The summed E-state index contributed by atoms with van der Waals surface area (Å²) in [6.07, 6.45) is -4.61. The van der Waals surface area contributed by atoms with Crippen molar-refractivity contribution in [2.75, 3.05) is 6.54 Å². The fourth-order valence-corrected chi connectivity index (χ4v) is 2.01. The summed E-state index contributed by atoms with van der Waals surface area (Å²) in [6, 6.07) is 4.82. The van der Waals surface area contributed by atoms with Crippen molar-refractivity contribution in [2.24, 2.45) is 0 Å². The van der Waals surface area contributed by atoms with E-state index in [9.17, 15) is 21.6 Å². The molecule has 0 spiro atoms. The number of rotatable bonds is 3. The van der Waals surface area contributed by atoms with Gasteiger partial charge in [-0.3, -0.25) is 0 Å². The van der Waals surface area contributed by atoms with Crippen LogP contribution >= 0.6 is 0 Å². The van der Waals surface area contributed by atoms with E-state index in [-0.39, 0.29) is 0 Å². The SMILES string of the molecule is N#CCNS(=O)(=O)c1cccc(C(F)(F)F)c1. The van der Waals surface area contributed by atoms with E-state index in [0.29, 0.717) is 6.07 Å². The molecular formula is C9H7F3N2O2S. The lowest BCUT2D eigenvalue weighted by Gasteiger charge is -2.08. The molecule has 0 fully saturated rings. The molecule has 1 aromatic rings. The number of hydrogen-bond donors (Lipinski definition) is 1. The number of alkyl halides is 3. The molecule has 0 aliphatic rings. The summed E-state index contributed by atoms with van der Waals surface area (Å²) >= 11 is 0. The summed E-state index contributed by atoms with van der Waals surface area (Å²) in [4.78, 5) is -0.525. The van der Waals surface area contributed by atoms with E-state index >= 15 is 0 Å². The van der Waals surface area contributed by atoms with Gasteiger partial charge >= 0.3 is 6.18 Å². The Balaban J connectivity index is 3.13. The summed E-state index contributed by atoms with van der Waals surface area (Å²) in [5, 5.41) is 8.20. The van der Waals surface area contributed by atoms with Crippen molar-refractivity contribution in [3.05, 3.63) is 29.8 Å². The van der Waals surface area contributed by atoms with Gasteiger partial charge in [0.25, 0.3) is 0 Å². The third-order valence-electron chi connectivity index (χ3n) is 1.81. The number of hydrogen-bond acceptors (Lipinski definition) is 3. The molecule has 8 heteroatoms. The zero-order chi connectivity index (χ0) is 13.1. The van der Waals surface area contributed by atoms with Gasteiger partial charge in [0, 0.05) is 0 Å². The quantitative estimate of drug-likeness (QED) is 0.841. The molecule has 0 atom stereocenters. The van der Waals surface area contributed by atoms with Crippen LogP contribution < -0.4 is 4.72 Å². The fourth-order valence-electron chi connectivity index (χ4n) is 1.05. The Morgan fingerprint density at radius 3 is 2.53 bits per heavy atom. The van der Waals surface area contributed by atoms with Gasteiger partial charge < -0.3 is 0 Å². The Kier molecular flexibility index (Phi) is 3.75. The molecule has 0 aliphatic heterocycles. The van der Waals surface area contributed by atoms with Gasteiger partial charge in [-0.1, -0.05) is 6.07 Å². The van der Waals surface area contributed by atoms with Crippen LogP contribution in [0.3, 0.4) is 0 Å². The molecule has 0 amide bonds. The van der Waals surface area contributed by atoms with Crippen LogP contribution in [0.2, 0.25) is 0 Å². The van der Waals surface area contributed by atoms with Gasteiger partial charge in [0.1, 0.15) is 0 Å². The Morgan fingerprint density at radius 1 is 1.35 bits per heavy atom. The van der Waals surface area contributed by atoms with E-state index in [0.717, 1.165) is 18.2 Å². The maximum atomic E-state index is 12.3. The zero-order valence-electron chi connectivity index (χ0n) is 8.32. The monoisotopic (exact) mass is 264 g/mol. The minimum absolute atomic E-state index is 0.501. The largest absolute Gasteiger partial charge is 0.416 e. The number of benzene rings is 1. The average Bonchev–Trinajstić information content (AvgIpc) is 2.25. The molecule has 0 saturated heterocycles. The first-order valence-corrected chi connectivity index (χ1v) is 5.79. The minimum atomic E-state index is -4.61. The Bertz CT molecular complexity index is 546. The molecular weight excluding hydrogens is 257 g/mol. The smallest absolute Gasteiger partial charge is 0.207 e. The molecule has 1 rings (SSSR count). The number of nitriles is 1. The van der Waals surface area contributed by atoms with Crippen LogP contribution in [0.4, 0.5) is 13.2 Å². The first-order chi connectivity index (χ1) is 7.77. The number of nitrogens with one attached hydrogen (secondary N) is 1. The first-order valence-electron chi connectivity index (χ1n) is 4.31. The van der Waals surface area contributed by atoms with E-state index in [1.54, 1.807) is 0 Å². The van der Waals surface area contributed by atoms with Crippen molar-refractivity contribution < 1.29 is 21.6 Å².